The number of hydrogen-bond acceptors (Lipinski definition) is 4. The standard InChI is InChI=1S/C15H17ClN4O/c1-10(12-3-2-4-13(16)8-12)19-9-11-5-6-18-14(7-11)15(17)20-21/h2-8,10,19,21H,9H2,1H3,(H2,17,20)/t10-/m1/s1. The molecule has 0 radical (unpaired) electrons. The minimum Gasteiger partial charge on any atom is -0.409 e. The summed E-state index contributed by atoms with van der Waals surface area (Å²) in [6.45, 7) is 2.71. The molecule has 0 saturated carbocycles. The van der Waals surface area contributed by atoms with Gasteiger partial charge in [0.15, 0.2) is 5.84 Å². The Bertz CT molecular complexity index is 645. The number of aromatic nitrogens is 1. The number of nitrogens with two attached hydrogens (primary N) is 1. The average Bonchev–Trinajstić information content (AvgIpc) is 2.52. The van der Waals surface area contributed by atoms with Crippen molar-refractivity contribution in [2.24, 2.45) is 10.9 Å². The molecule has 0 fully saturated rings. The van der Waals surface area contributed by atoms with E-state index in [0.717, 1.165) is 16.1 Å². The smallest absolute Gasteiger partial charge is 0.188 e. The molecule has 0 aliphatic carbocycles. The summed E-state index contributed by atoms with van der Waals surface area (Å²) in [5.74, 6) is -0.000241. The van der Waals surface area contributed by atoms with Gasteiger partial charge in [-0.1, -0.05) is 28.9 Å². The van der Waals surface area contributed by atoms with Crippen molar-refractivity contribution in [2.75, 3.05) is 0 Å². The third-order valence-corrected chi connectivity index (χ3v) is 3.39. The number of benzene rings is 1. The Balaban J connectivity index is 2.03. The maximum atomic E-state index is 8.67. The van der Waals surface area contributed by atoms with Gasteiger partial charge >= 0.3 is 0 Å². The zero-order chi connectivity index (χ0) is 15.2. The molecule has 4 N–H and O–H groups in total. The van der Waals surface area contributed by atoms with Crippen LogP contribution in [0.1, 0.15) is 29.8 Å². The zero-order valence-corrected chi connectivity index (χ0v) is 12.4. The van der Waals surface area contributed by atoms with Gasteiger partial charge in [-0.15, -0.1) is 0 Å². The largest absolute Gasteiger partial charge is 0.409 e. The Morgan fingerprint density at radius 3 is 2.95 bits per heavy atom. The predicted octanol–water partition coefficient (Wildman–Crippen LogP) is 2.68. The van der Waals surface area contributed by atoms with Crippen LogP contribution in [0.2, 0.25) is 5.02 Å². The molecule has 0 aliphatic rings. The molecule has 1 heterocycles. The van der Waals surface area contributed by atoms with Crippen molar-refractivity contribution in [3.8, 4) is 0 Å². The van der Waals surface area contributed by atoms with Crippen LogP contribution in [0.4, 0.5) is 0 Å². The maximum Gasteiger partial charge on any atom is 0.188 e. The van der Waals surface area contributed by atoms with E-state index in [1.54, 1.807) is 12.3 Å². The molecule has 0 aliphatic heterocycles. The zero-order valence-electron chi connectivity index (χ0n) is 11.6. The number of rotatable bonds is 5. The molecule has 21 heavy (non-hydrogen) atoms. The second-order valence-corrected chi connectivity index (χ2v) is 5.13. The summed E-state index contributed by atoms with van der Waals surface area (Å²) in [4.78, 5) is 4.05. The fourth-order valence-corrected chi connectivity index (χ4v) is 2.14. The minimum absolute atomic E-state index is 0.000241. The average molecular weight is 305 g/mol. The van der Waals surface area contributed by atoms with Crippen LogP contribution in [0.25, 0.3) is 0 Å². The molecule has 1 atom stereocenters. The molecule has 0 amide bonds. The van der Waals surface area contributed by atoms with Gasteiger partial charge in [-0.25, -0.2) is 0 Å². The van der Waals surface area contributed by atoms with E-state index >= 15 is 0 Å². The van der Waals surface area contributed by atoms with Crippen molar-refractivity contribution in [3.05, 3.63) is 64.4 Å². The van der Waals surface area contributed by atoms with Crippen molar-refractivity contribution >= 4 is 17.4 Å². The molecule has 2 rings (SSSR count). The Morgan fingerprint density at radius 1 is 1.43 bits per heavy atom. The second kappa shape index (κ2) is 7.06. The van der Waals surface area contributed by atoms with Crippen molar-refractivity contribution in [2.45, 2.75) is 19.5 Å². The lowest BCUT2D eigenvalue weighted by Crippen LogP contribution is -2.19. The van der Waals surface area contributed by atoms with Crippen molar-refractivity contribution < 1.29 is 5.21 Å². The summed E-state index contributed by atoms with van der Waals surface area (Å²) < 4.78 is 0. The highest BCUT2D eigenvalue weighted by molar-refractivity contribution is 6.30. The van der Waals surface area contributed by atoms with Gasteiger partial charge in [0.1, 0.15) is 5.69 Å². The molecular weight excluding hydrogens is 288 g/mol. The molecule has 1 aromatic carbocycles. The molecule has 110 valence electrons. The first-order valence-electron chi connectivity index (χ1n) is 6.52. The van der Waals surface area contributed by atoms with Crippen LogP contribution >= 0.6 is 11.6 Å². The fraction of sp³-hybridized carbons (Fsp3) is 0.200. The van der Waals surface area contributed by atoms with Crippen molar-refractivity contribution in [1.29, 1.82) is 0 Å². The molecule has 0 bridgehead atoms. The van der Waals surface area contributed by atoms with Gasteiger partial charge in [0.2, 0.25) is 0 Å². The first-order chi connectivity index (χ1) is 10.1. The van der Waals surface area contributed by atoms with Gasteiger partial charge in [0.05, 0.1) is 0 Å². The van der Waals surface area contributed by atoms with Gasteiger partial charge < -0.3 is 16.3 Å². The van der Waals surface area contributed by atoms with Crippen LogP contribution in [0.15, 0.2) is 47.8 Å². The number of nitrogens with one attached hydrogen (secondary N) is 1. The number of oxime groups is 1. The van der Waals surface area contributed by atoms with Crippen LogP contribution in [-0.2, 0) is 6.54 Å². The van der Waals surface area contributed by atoms with Gasteiger partial charge in [-0.2, -0.15) is 0 Å². The van der Waals surface area contributed by atoms with E-state index < -0.39 is 0 Å². The lowest BCUT2D eigenvalue weighted by molar-refractivity contribution is 0.318. The summed E-state index contributed by atoms with van der Waals surface area (Å²) in [5, 5.41) is 15.7. The normalized spacial score (nSPS) is 13.1. The number of halogens is 1. The molecule has 0 spiro atoms. The summed E-state index contributed by atoms with van der Waals surface area (Å²) in [5.41, 5.74) is 8.10. The summed E-state index contributed by atoms with van der Waals surface area (Å²) in [6, 6.07) is 11.6. The van der Waals surface area contributed by atoms with E-state index in [9.17, 15) is 0 Å². The monoisotopic (exact) mass is 304 g/mol. The highest BCUT2D eigenvalue weighted by Crippen LogP contribution is 2.17. The molecule has 5 nitrogen and oxygen atoms in total. The van der Waals surface area contributed by atoms with Crippen LogP contribution < -0.4 is 11.1 Å². The molecular formula is C15H17ClN4O. The molecule has 1 aromatic heterocycles. The third-order valence-electron chi connectivity index (χ3n) is 3.16. The summed E-state index contributed by atoms with van der Waals surface area (Å²) in [6.07, 6.45) is 1.63. The topological polar surface area (TPSA) is 83.5 Å². The second-order valence-electron chi connectivity index (χ2n) is 4.69. The maximum absolute atomic E-state index is 8.67. The SMILES string of the molecule is C[C@@H](NCc1ccnc(/C(N)=N/O)c1)c1cccc(Cl)c1. The van der Waals surface area contributed by atoms with Crippen LogP contribution in [-0.4, -0.2) is 16.0 Å². The van der Waals surface area contributed by atoms with Crippen LogP contribution in [0.5, 0.6) is 0 Å². The summed E-state index contributed by atoms with van der Waals surface area (Å²) >= 11 is 5.99. The van der Waals surface area contributed by atoms with Gasteiger partial charge in [-0.05, 0) is 42.3 Å². The highest BCUT2D eigenvalue weighted by atomic mass is 35.5. The Morgan fingerprint density at radius 2 is 2.24 bits per heavy atom. The number of pyridine rings is 1. The Kier molecular flexibility index (Phi) is 5.14. The molecule has 2 aromatic rings. The van der Waals surface area contributed by atoms with E-state index in [0.29, 0.717) is 12.2 Å². The van der Waals surface area contributed by atoms with Crippen molar-refractivity contribution in [1.82, 2.24) is 10.3 Å². The lowest BCUT2D eigenvalue weighted by Gasteiger charge is -2.15. The van der Waals surface area contributed by atoms with E-state index in [1.165, 1.54) is 0 Å². The predicted molar refractivity (Wildman–Crippen MR) is 83.5 cm³/mol. The summed E-state index contributed by atoms with van der Waals surface area (Å²) in [7, 11) is 0. The fourth-order valence-electron chi connectivity index (χ4n) is 1.94. The lowest BCUT2D eigenvalue weighted by atomic mass is 10.1. The van der Waals surface area contributed by atoms with E-state index in [-0.39, 0.29) is 11.9 Å². The van der Waals surface area contributed by atoms with E-state index in [4.69, 9.17) is 22.5 Å². The first kappa shape index (κ1) is 15.3. The molecule has 6 heteroatoms. The minimum atomic E-state index is -0.000241. The number of hydrogen-bond donors (Lipinski definition) is 3. The van der Waals surface area contributed by atoms with Gasteiger partial charge in [0, 0.05) is 23.8 Å². The van der Waals surface area contributed by atoms with E-state index in [1.807, 2.05) is 30.3 Å². The third kappa shape index (κ3) is 4.18. The Labute approximate surface area is 128 Å². The molecule has 0 unspecified atom stereocenters. The van der Waals surface area contributed by atoms with Gasteiger partial charge in [-0.3, -0.25) is 4.98 Å². The van der Waals surface area contributed by atoms with Crippen molar-refractivity contribution in [3.63, 3.8) is 0 Å². The number of amidine groups is 1. The van der Waals surface area contributed by atoms with Crippen LogP contribution in [0, 0.1) is 0 Å². The Hall–Kier alpha value is -2.11. The van der Waals surface area contributed by atoms with E-state index in [2.05, 4.69) is 22.4 Å². The first-order valence-corrected chi connectivity index (χ1v) is 6.89. The number of nitrogens with zero attached hydrogens (tertiary/aromatic N) is 2. The quantitative estimate of drug-likeness (QED) is 0.343. The van der Waals surface area contributed by atoms with Gasteiger partial charge in [0.25, 0.3) is 0 Å². The highest BCUT2D eigenvalue weighted by Gasteiger charge is 2.07. The molecule has 0 saturated heterocycles. The van der Waals surface area contributed by atoms with Crippen LogP contribution in [0.3, 0.4) is 0 Å².